The number of rotatable bonds is 5. The van der Waals surface area contributed by atoms with Crippen molar-refractivity contribution in [3.63, 3.8) is 0 Å². The summed E-state index contributed by atoms with van der Waals surface area (Å²) in [5.41, 5.74) is 18.2. The molecule has 0 unspecified atom stereocenters. The molecule has 0 aliphatic heterocycles. The van der Waals surface area contributed by atoms with Gasteiger partial charge in [0.25, 0.3) is 0 Å². The highest BCUT2D eigenvalue weighted by atomic mass is 16.3. The van der Waals surface area contributed by atoms with Crippen molar-refractivity contribution in [1.82, 2.24) is 4.57 Å². The summed E-state index contributed by atoms with van der Waals surface area (Å²) in [7, 11) is 0. The SMILES string of the molecule is CC1(C)c2ccccc2-c2ccc(N(c3cccc4oc5ccccc5c34)c3cccc4c3c3ccccc3n4C3(c4ccccc4)c4ccccc4-c4ccccc43)cc21. The van der Waals surface area contributed by atoms with E-state index < -0.39 is 5.54 Å². The largest absolute Gasteiger partial charge is 0.456 e. The molecule has 0 saturated carbocycles. The van der Waals surface area contributed by atoms with Crippen LogP contribution in [0.2, 0.25) is 0 Å². The van der Waals surface area contributed by atoms with E-state index in [-0.39, 0.29) is 5.41 Å². The minimum Gasteiger partial charge on any atom is -0.456 e. The van der Waals surface area contributed by atoms with Crippen molar-refractivity contribution in [1.29, 1.82) is 0 Å². The van der Waals surface area contributed by atoms with E-state index in [9.17, 15) is 0 Å². The Morgan fingerprint density at radius 1 is 0.410 bits per heavy atom. The predicted octanol–water partition coefficient (Wildman–Crippen LogP) is 15.3. The van der Waals surface area contributed by atoms with Crippen LogP contribution in [-0.4, -0.2) is 4.57 Å². The number of fused-ring (bicyclic) bond motifs is 12. The van der Waals surface area contributed by atoms with E-state index in [2.05, 4.69) is 230 Å². The van der Waals surface area contributed by atoms with Crippen LogP contribution in [0.4, 0.5) is 17.1 Å². The first kappa shape index (κ1) is 34.3. The molecule has 9 aromatic carbocycles. The van der Waals surface area contributed by atoms with Gasteiger partial charge in [-0.25, -0.2) is 0 Å². The van der Waals surface area contributed by atoms with E-state index >= 15 is 0 Å². The van der Waals surface area contributed by atoms with Crippen molar-refractivity contribution in [3.05, 3.63) is 234 Å². The van der Waals surface area contributed by atoms with Gasteiger partial charge >= 0.3 is 0 Å². The summed E-state index contributed by atoms with van der Waals surface area (Å²) in [6, 6.07) is 76.0. The smallest absolute Gasteiger partial charge is 0.137 e. The van der Waals surface area contributed by atoms with Crippen LogP contribution in [0.15, 0.2) is 211 Å². The van der Waals surface area contributed by atoms with E-state index in [4.69, 9.17) is 4.42 Å². The summed E-state index contributed by atoms with van der Waals surface area (Å²) >= 11 is 0. The minimum absolute atomic E-state index is 0.171. The van der Waals surface area contributed by atoms with Gasteiger partial charge in [0.1, 0.15) is 16.7 Å². The molecule has 2 aliphatic rings. The second-order valence-corrected chi connectivity index (χ2v) is 17.2. The molecule has 2 heterocycles. The zero-order chi connectivity index (χ0) is 40.5. The Morgan fingerprint density at radius 2 is 0.951 bits per heavy atom. The fourth-order valence-corrected chi connectivity index (χ4v) is 11.3. The van der Waals surface area contributed by atoms with Crippen LogP contribution in [0, 0.1) is 0 Å². The van der Waals surface area contributed by atoms with Crippen LogP contribution in [0.5, 0.6) is 0 Å². The Balaban J connectivity index is 1.17. The van der Waals surface area contributed by atoms with Crippen molar-refractivity contribution in [2.45, 2.75) is 24.8 Å². The lowest BCUT2D eigenvalue weighted by molar-refractivity contribution is 0.564. The van der Waals surface area contributed by atoms with Gasteiger partial charge in [-0.15, -0.1) is 0 Å². The molecule has 288 valence electrons. The molecule has 0 spiro atoms. The number of aromatic nitrogens is 1. The van der Waals surface area contributed by atoms with Gasteiger partial charge in [-0.1, -0.05) is 172 Å². The summed E-state index contributed by atoms with van der Waals surface area (Å²) in [4.78, 5) is 2.51. The first-order chi connectivity index (χ1) is 30.0. The molecule has 0 bridgehead atoms. The van der Waals surface area contributed by atoms with Crippen LogP contribution in [0.3, 0.4) is 0 Å². The summed E-state index contributed by atoms with van der Waals surface area (Å²) in [5, 5.41) is 4.60. The average molecular weight is 781 g/mol. The number of benzene rings is 9. The maximum Gasteiger partial charge on any atom is 0.137 e. The molecule has 0 saturated heterocycles. The van der Waals surface area contributed by atoms with Crippen LogP contribution in [0.25, 0.3) is 66.0 Å². The second kappa shape index (κ2) is 12.5. The third-order valence-electron chi connectivity index (χ3n) is 13.8. The Hall–Kier alpha value is -7.62. The zero-order valence-corrected chi connectivity index (χ0v) is 33.9. The quantitative estimate of drug-likeness (QED) is 0.173. The summed E-state index contributed by atoms with van der Waals surface area (Å²) in [6.45, 7) is 4.73. The molecule has 3 heteroatoms. The van der Waals surface area contributed by atoms with Crippen LogP contribution in [-0.2, 0) is 11.0 Å². The Labute approximate surface area is 354 Å². The monoisotopic (exact) mass is 780 g/mol. The van der Waals surface area contributed by atoms with Gasteiger partial charge < -0.3 is 13.9 Å². The highest BCUT2D eigenvalue weighted by Crippen LogP contribution is 2.58. The Kier molecular flexibility index (Phi) is 6.99. The van der Waals surface area contributed by atoms with Crippen LogP contribution >= 0.6 is 0 Å². The van der Waals surface area contributed by atoms with E-state index in [0.29, 0.717) is 0 Å². The molecule has 11 aromatic rings. The molecular weight excluding hydrogens is 741 g/mol. The molecule has 61 heavy (non-hydrogen) atoms. The number of furan rings is 1. The third-order valence-corrected chi connectivity index (χ3v) is 13.8. The summed E-state index contributed by atoms with van der Waals surface area (Å²) < 4.78 is 9.24. The standard InChI is InChI=1S/C58H40N2O/c1-57(2)45-25-11-6-20-39(45)42-35-34-38(36-48(42)57)59(51-30-17-33-54-56(51)44-24-10-15-32-53(44)61-54)50-29-16-31-52-55(50)43-23-9-14-28-49(43)60(52)58(37-18-4-3-5-19-37)46-26-12-7-21-40(46)41-22-8-13-27-47(41)58/h3-36H,1-2H3. The topological polar surface area (TPSA) is 21.3 Å². The lowest BCUT2D eigenvalue weighted by atomic mass is 9.80. The number of hydrogen-bond donors (Lipinski definition) is 0. The van der Waals surface area contributed by atoms with Gasteiger partial charge in [0.05, 0.1) is 27.8 Å². The molecule has 0 atom stereocenters. The Morgan fingerprint density at radius 3 is 1.70 bits per heavy atom. The molecule has 0 amide bonds. The van der Waals surface area contributed by atoms with Crippen LogP contribution < -0.4 is 4.90 Å². The van der Waals surface area contributed by atoms with Crippen molar-refractivity contribution >= 4 is 60.8 Å². The van der Waals surface area contributed by atoms with Crippen molar-refractivity contribution in [3.8, 4) is 22.3 Å². The fourth-order valence-electron chi connectivity index (χ4n) is 11.3. The Bertz CT molecular complexity index is 3540. The van der Waals surface area contributed by atoms with Crippen molar-refractivity contribution in [2.24, 2.45) is 0 Å². The molecule has 0 fully saturated rings. The summed E-state index contributed by atoms with van der Waals surface area (Å²) in [6.07, 6.45) is 0. The number of nitrogens with zero attached hydrogens (tertiary/aromatic N) is 2. The maximum absolute atomic E-state index is 6.59. The van der Waals surface area contributed by atoms with Gasteiger partial charge in [-0.05, 0) is 98.6 Å². The molecular formula is C58H40N2O. The van der Waals surface area contributed by atoms with Gasteiger partial charge in [-0.2, -0.15) is 0 Å². The van der Waals surface area contributed by atoms with Gasteiger partial charge in [0.15, 0.2) is 0 Å². The molecule has 13 rings (SSSR count). The average Bonchev–Trinajstić information content (AvgIpc) is 4.02. The van der Waals surface area contributed by atoms with Gasteiger partial charge in [-0.3, -0.25) is 0 Å². The minimum atomic E-state index is -0.649. The number of anilines is 3. The van der Waals surface area contributed by atoms with E-state index in [0.717, 1.165) is 44.5 Å². The van der Waals surface area contributed by atoms with Crippen molar-refractivity contribution < 1.29 is 4.42 Å². The predicted molar refractivity (Wildman–Crippen MR) is 253 cm³/mol. The number of para-hydroxylation sites is 2. The highest BCUT2D eigenvalue weighted by Gasteiger charge is 2.48. The van der Waals surface area contributed by atoms with Gasteiger partial charge in [0.2, 0.25) is 0 Å². The molecule has 0 radical (unpaired) electrons. The van der Waals surface area contributed by atoms with E-state index in [1.165, 1.54) is 66.4 Å². The lowest BCUT2D eigenvalue weighted by Crippen LogP contribution is -2.35. The maximum atomic E-state index is 6.59. The van der Waals surface area contributed by atoms with E-state index in [1.54, 1.807) is 0 Å². The van der Waals surface area contributed by atoms with E-state index in [1.807, 2.05) is 0 Å². The zero-order valence-electron chi connectivity index (χ0n) is 33.9. The molecule has 3 nitrogen and oxygen atoms in total. The fraction of sp³-hybridized carbons (Fsp3) is 0.0690. The molecule has 2 aromatic heterocycles. The first-order valence-electron chi connectivity index (χ1n) is 21.3. The third kappa shape index (κ3) is 4.47. The second-order valence-electron chi connectivity index (χ2n) is 17.2. The summed E-state index contributed by atoms with van der Waals surface area (Å²) in [5.74, 6) is 0. The highest BCUT2D eigenvalue weighted by molar-refractivity contribution is 6.19. The number of hydrogen-bond acceptors (Lipinski definition) is 2. The lowest BCUT2D eigenvalue weighted by Gasteiger charge is -2.36. The molecule has 0 N–H and O–H groups in total. The normalized spacial score (nSPS) is 14.3. The van der Waals surface area contributed by atoms with Gasteiger partial charge in [0, 0.05) is 27.3 Å². The molecule has 2 aliphatic carbocycles. The first-order valence-corrected chi connectivity index (χ1v) is 21.3. The van der Waals surface area contributed by atoms with Crippen LogP contribution in [0.1, 0.15) is 41.7 Å². The van der Waals surface area contributed by atoms with Crippen molar-refractivity contribution in [2.75, 3.05) is 4.90 Å².